The summed E-state index contributed by atoms with van der Waals surface area (Å²) < 4.78 is 41.9. The fourth-order valence-corrected chi connectivity index (χ4v) is 4.87. The van der Waals surface area contributed by atoms with Crippen LogP contribution in [-0.4, -0.2) is 31.8 Å². The van der Waals surface area contributed by atoms with Crippen LogP contribution >= 0.6 is 11.8 Å². The maximum atomic E-state index is 13.0. The highest BCUT2D eigenvalue weighted by molar-refractivity contribution is 7.99. The minimum atomic E-state index is -4.35. The number of hydrogen-bond donors (Lipinski definition) is 0. The van der Waals surface area contributed by atoms with Crippen LogP contribution in [-0.2, 0) is 6.54 Å². The lowest BCUT2D eigenvalue weighted by atomic mass is 10.0. The lowest BCUT2D eigenvalue weighted by molar-refractivity contribution is -0.141. The van der Waals surface area contributed by atoms with Crippen LogP contribution in [0.15, 0.2) is 66.0 Å². The molecule has 182 valence electrons. The van der Waals surface area contributed by atoms with Crippen molar-refractivity contribution >= 4 is 17.5 Å². The number of thioether (sulfide) groups is 1. The number of hydrogen-bond acceptors (Lipinski definition) is 3. The zero-order valence-electron chi connectivity index (χ0n) is 20.0. The van der Waals surface area contributed by atoms with Gasteiger partial charge in [0.1, 0.15) is 6.54 Å². The van der Waals surface area contributed by atoms with Crippen molar-refractivity contribution in [2.45, 2.75) is 45.6 Å². The van der Waals surface area contributed by atoms with E-state index in [0.29, 0.717) is 22.1 Å². The first-order chi connectivity index (χ1) is 16.5. The molecule has 0 atom stereocenters. The molecule has 0 spiro atoms. The molecular formula is C27H26F3N3OS. The topological polar surface area (TPSA) is 39.8 Å². The summed E-state index contributed by atoms with van der Waals surface area (Å²) in [5, 5.41) is 0.641. The van der Waals surface area contributed by atoms with E-state index in [1.54, 1.807) is 13.8 Å². The number of aryl methyl sites for hydroxylation is 3. The van der Waals surface area contributed by atoms with Gasteiger partial charge in [0.05, 0.1) is 11.4 Å². The van der Waals surface area contributed by atoms with Crippen molar-refractivity contribution in [1.29, 1.82) is 0 Å². The molecule has 0 unspecified atom stereocenters. The van der Waals surface area contributed by atoms with E-state index in [1.165, 1.54) is 23.4 Å². The van der Waals surface area contributed by atoms with Crippen molar-refractivity contribution in [1.82, 2.24) is 14.1 Å². The first-order valence-electron chi connectivity index (χ1n) is 11.2. The van der Waals surface area contributed by atoms with Gasteiger partial charge in [0, 0.05) is 34.4 Å². The molecule has 0 bridgehead atoms. The third kappa shape index (κ3) is 5.53. The number of imidazole rings is 1. The largest absolute Gasteiger partial charge is 0.406 e. The average molecular weight is 498 g/mol. The minimum absolute atomic E-state index is 0.0620. The van der Waals surface area contributed by atoms with Gasteiger partial charge in [0.15, 0.2) is 10.9 Å². The second kappa shape index (κ2) is 9.77. The number of alkyl halides is 3. The summed E-state index contributed by atoms with van der Waals surface area (Å²) in [5.41, 5.74) is 6.08. The zero-order chi connectivity index (χ0) is 25.3. The Bertz CT molecular complexity index is 1370. The van der Waals surface area contributed by atoms with Crippen LogP contribution in [0.5, 0.6) is 0 Å². The predicted octanol–water partition coefficient (Wildman–Crippen LogP) is 7.11. The number of Topliss-reactive ketones (excluding diaryl/α,β-unsaturated/α-hetero) is 1. The van der Waals surface area contributed by atoms with Crippen LogP contribution in [0.3, 0.4) is 0 Å². The number of nitrogens with zero attached hydrogens (tertiary/aromatic N) is 3. The summed E-state index contributed by atoms with van der Waals surface area (Å²) >= 11 is 1.28. The molecule has 2 aromatic carbocycles. The molecule has 8 heteroatoms. The van der Waals surface area contributed by atoms with E-state index in [2.05, 4.69) is 26.0 Å². The number of rotatable bonds is 7. The molecule has 0 radical (unpaired) electrons. The molecule has 0 aliphatic carbocycles. The molecule has 0 saturated heterocycles. The smallest absolute Gasteiger partial charge is 0.339 e. The fourth-order valence-electron chi connectivity index (χ4n) is 3.99. The van der Waals surface area contributed by atoms with Crippen molar-refractivity contribution < 1.29 is 18.0 Å². The van der Waals surface area contributed by atoms with Gasteiger partial charge in [0.25, 0.3) is 0 Å². The summed E-state index contributed by atoms with van der Waals surface area (Å²) in [7, 11) is 0. The van der Waals surface area contributed by atoms with Crippen molar-refractivity contribution in [3.8, 4) is 16.9 Å². The van der Waals surface area contributed by atoms with Gasteiger partial charge in [-0.3, -0.25) is 9.36 Å². The summed E-state index contributed by atoms with van der Waals surface area (Å²) in [4.78, 5) is 17.8. The Labute approximate surface area is 206 Å². The molecule has 0 N–H and O–H groups in total. The summed E-state index contributed by atoms with van der Waals surface area (Å²) in [5.74, 6) is -0.168. The van der Waals surface area contributed by atoms with Gasteiger partial charge >= 0.3 is 6.18 Å². The van der Waals surface area contributed by atoms with Gasteiger partial charge in [-0.15, -0.1) is 0 Å². The molecule has 0 fully saturated rings. The number of ketones is 1. The standard InChI is InChI=1S/C27H26F3N3OS/c1-17-10-11-21(12-18(17)2)24-14-32(22-8-6-5-7-9-22)26(31-24)35-15-25(34)23-13-19(3)33(20(23)4)16-27(28,29)30/h5-14H,15-16H2,1-4H3. The van der Waals surface area contributed by atoms with Crippen molar-refractivity contribution in [2.75, 3.05) is 5.75 Å². The second-order valence-corrected chi connectivity index (χ2v) is 9.55. The summed E-state index contributed by atoms with van der Waals surface area (Å²) in [6, 6.07) is 17.4. The molecule has 4 aromatic rings. The van der Waals surface area contributed by atoms with E-state index in [9.17, 15) is 18.0 Å². The first kappa shape index (κ1) is 24.9. The van der Waals surface area contributed by atoms with Crippen LogP contribution in [0.4, 0.5) is 13.2 Å². The maximum absolute atomic E-state index is 13.0. The molecule has 0 aliphatic rings. The number of benzene rings is 2. The average Bonchev–Trinajstić information content (AvgIpc) is 3.36. The molecule has 4 nitrogen and oxygen atoms in total. The summed E-state index contributed by atoms with van der Waals surface area (Å²) in [6.07, 6.45) is -2.41. The lowest BCUT2D eigenvalue weighted by Gasteiger charge is -2.12. The van der Waals surface area contributed by atoms with Crippen LogP contribution in [0.2, 0.25) is 0 Å². The maximum Gasteiger partial charge on any atom is 0.406 e. The van der Waals surface area contributed by atoms with Crippen LogP contribution in [0.25, 0.3) is 16.9 Å². The molecule has 2 heterocycles. The van der Waals surface area contributed by atoms with Crippen LogP contribution in [0.1, 0.15) is 32.9 Å². The van der Waals surface area contributed by atoms with Gasteiger partial charge in [0.2, 0.25) is 0 Å². The van der Waals surface area contributed by atoms with E-state index >= 15 is 0 Å². The highest BCUT2D eigenvalue weighted by Gasteiger charge is 2.30. The molecule has 35 heavy (non-hydrogen) atoms. The second-order valence-electron chi connectivity index (χ2n) is 8.61. The van der Waals surface area contributed by atoms with Crippen LogP contribution in [0, 0.1) is 27.7 Å². The van der Waals surface area contributed by atoms with E-state index in [1.807, 2.05) is 47.2 Å². The van der Waals surface area contributed by atoms with Crippen molar-refractivity contribution in [3.05, 3.63) is 88.9 Å². The van der Waals surface area contributed by atoms with Gasteiger partial charge in [-0.2, -0.15) is 13.2 Å². The number of para-hydroxylation sites is 1. The quantitative estimate of drug-likeness (QED) is 0.202. The fraction of sp³-hybridized carbons (Fsp3) is 0.259. The molecule has 0 amide bonds. The lowest BCUT2D eigenvalue weighted by Crippen LogP contribution is -2.19. The van der Waals surface area contributed by atoms with Crippen LogP contribution < -0.4 is 0 Å². The molecule has 0 saturated carbocycles. The highest BCUT2D eigenvalue weighted by atomic mass is 32.2. The first-order valence-corrected chi connectivity index (χ1v) is 12.1. The molecular weight excluding hydrogens is 471 g/mol. The van der Waals surface area contributed by atoms with Gasteiger partial charge in [-0.25, -0.2) is 4.98 Å². The Kier molecular flexibility index (Phi) is 6.94. The van der Waals surface area contributed by atoms with Gasteiger partial charge in [-0.1, -0.05) is 42.1 Å². The Hall–Kier alpha value is -3.26. The SMILES string of the molecule is Cc1ccc(-c2cn(-c3ccccc3)c(SCC(=O)c3cc(C)n(CC(F)(F)F)c3C)n2)cc1C. The minimum Gasteiger partial charge on any atom is -0.339 e. The Morgan fingerprint density at radius 3 is 2.34 bits per heavy atom. The van der Waals surface area contributed by atoms with Gasteiger partial charge in [-0.05, 0) is 63.1 Å². The predicted molar refractivity (Wildman–Crippen MR) is 133 cm³/mol. The van der Waals surface area contributed by atoms with E-state index in [0.717, 1.165) is 27.1 Å². The van der Waals surface area contributed by atoms with E-state index < -0.39 is 12.7 Å². The number of halogens is 3. The summed E-state index contributed by atoms with van der Waals surface area (Å²) in [6.45, 7) is 6.14. The normalized spacial score (nSPS) is 11.7. The van der Waals surface area contributed by atoms with Gasteiger partial charge < -0.3 is 4.57 Å². The highest BCUT2D eigenvalue weighted by Crippen LogP contribution is 2.30. The number of carbonyl (C=O) groups is 1. The van der Waals surface area contributed by atoms with E-state index in [4.69, 9.17) is 4.98 Å². The van der Waals surface area contributed by atoms with E-state index in [-0.39, 0.29) is 11.5 Å². The Balaban J connectivity index is 1.63. The zero-order valence-corrected chi connectivity index (χ0v) is 20.8. The van der Waals surface area contributed by atoms with Crippen molar-refractivity contribution in [3.63, 3.8) is 0 Å². The molecule has 4 rings (SSSR count). The molecule has 0 aliphatic heterocycles. The number of aromatic nitrogens is 3. The monoisotopic (exact) mass is 497 g/mol. The van der Waals surface area contributed by atoms with Crippen molar-refractivity contribution in [2.24, 2.45) is 0 Å². The Morgan fingerprint density at radius 1 is 0.971 bits per heavy atom. The third-order valence-electron chi connectivity index (χ3n) is 6.05. The third-order valence-corrected chi connectivity index (χ3v) is 7.01. The number of carbonyl (C=O) groups excluding carboxylic acids is 1. The Morgan fingerprint density at radius 2 is 1.69 bits per heavy atom. The molecule has 2 aromatic heterocycles.